The van der Waals surface area contributed by atoms with Gasteiger partial charge in [-0.3, -0.25) is 0 Å². The number of aryl methyl sites for hydroxylation is 1. The Balaban J connectivity index is 1.53. The fourth-order valence-corrected chi connectivity index (χ4v) is 5.00. The van der Waals surface area contributed by atoms with E-state index in [4.69, 9.17) is 21.1 Å². The maximum Gasteiger partial charge on any atom is 0.185 e. The molecule has 1 aliphatic rings. The van der Waals surface area contributed by atoms with Crippen LogP contribution in [0.3, 0.4) is 0 Å². The number of nitrogens with zero attached hydrogens (tertiary/aromatic N) is 3. The predicted octanol–water partition coefficient (Wildman–Crippen LogP) is 5.14. The van der Waals surface area contributed by atoms with Crippen LogP contribution in [0.15, 0.2) is 54.0 Å². The first-order valence-electron chi connectivity index (χ1n) is 10.1. The van der Waals surface area contributed by atoms with Crippen molar-refractivity contribution < 1.29 is 9.47 Å². The minimum absolute atomic E-state index is 0.342. The van der Waals surface area contributed by atoms with Gasteiger partial charge in [-0.2, -0.15) is 0 Å². The van der Waals surface area contributed by atoms with Gasteiger partial charge >= 0.3 is 0 Å². The van der Waals surface area contributed by atoms with Crippen molar-refractivity contribution >= 4 is 33.8 Å². The Hall–Kier alpha value is -2.44. The molecule has 4 rings (SSSR count). The summed E-state index contributed by atoms with van der Waals surface area (Å²) < 4.78 is 10.8. The molecule has 0 saturated carbocycles. The molecule has 5 nitrogen and oxygen atoms in total. The summed E-state index contributed by atoms with van der Waals surface area (Å²) in [5, 5.41) is 3.94. The molecule has 0 amide bonds. The van der Waals surface area contributed by atoms with Gasteiger partial charge in [-0.15, -0.1) is 11.3 Å². The van der Waals surface area contributed by atoms with E-state index in [-0.39, 0.29) is 0 Å². The first-order valence-corrected chi connectivity index (χ1v) is 11.3. The summed E-state index contributed by atoms with van der Waals surface area (Å²) in [6, 6.07) is 14.6. The number of hydrogen-bond acceptors (Lipinski definition) is 6. The van der Waals surface area contributed by atoms with Gasteiger partial charge in [-0.25, -0.2) is 4.98 Å². The summed E-state index contributed by atoms with van der Waals surface area (Å²) in [4.78, 5) is 9.41. The summed E-state index contributed by atoms with van der Waals surface area (Å²) in [5.41, 5.74) is 2.34. The van der Waals surface area contributed by atoms with Gasteiger partial charge in [0.15, 0.2) is 16.6 Å². The van der Waals surface area contributed by atoms with Gasteiger partial charge in [0.05, 0.1) is 24.9 Å². The van der Waals surface area contributed by atoms with E-state index in [1.807, 2.05) is 35.8 Å². The van der Waals surface area contributed by atoms with E-state index in [9.17, 15) is 0 Å². The zero-order valence-electron chi connectivity index (χ0n) is 17.3. The fourth-order valence-electron chi connectivity index (χ4n) is 4.01. The van der Waals surface area contributed by atoms with Crippen molar-refractivity contribution in [1.82, 2.24) is 4.98 Å². The van der Waals surface area contributed by atoms with Crippen molar-refractivity contribution in [2.24, 2.45) is 0 Å². The molecule has 0 bridgehead atoms. The van der Waals surface area contributed by atoms with Crippen molar-refractivity contribution in [1.29, 1.82) is 0 Å². The van der Waals surface area contributed by atoms with Crippen molar-refractivity contribution in [2.45, 2.75) is 18.9 Å². The zero-order chi connectivity index (χ0) is 20.9. The second kappa shape index (κ2) is 9.58. The number of rotatable bonds is 7. The maximum atomic E-state index is 6.48. The van der Waals surface area contributed by atoms with Gasteiger partial charge in [0.2, 0.25) is 0 Å². The van der Waals surface area contributed by atoms with Crippen molar-refractivity contribution in [2.75, 3.05) is 43.7 Å². The second-order valence-corrected chi connectivity index (χ2v) is 8.57. The third-order valence-corrected chi connectivity index (χ3v) is 6.68. The van der Waals surface area contributed by atoms with Crippen LogP contribution in [0.25, 0.3) is 0 Å². The highest BCUT2D eigenvalue weighted by Gasteiger charge is 2.29. The summed E-state index contributed by atoms with van der Waals surface area (Å²) >= 11 is 8.18. The average molecular weight is 444 g/mol. The summed E-state index contributed by atoms with van der Waals surface area (Å²) in [6.45, 7) is 2.77. The number of hydrogen-bond donors (Lipinski definition) is 0. The lowest BCUT2D eigenvalue weighted by molar-refractivity contribution is 0.354. The number of methoxy groups -OCH3 is 2. The molecule has 1 fully saturated rings. The van der Waals surface area contributed by atoms with Crippen molar-refractivity contribution in [3.63, 3.8) is 0 Å². The van der Waals surface area contributed by atoms with Crippen LogP contribution in [0.5, 0.6) is 11.5 Å². The molecule has 2 aromatic carbocycles. The minimum atomic E-state index is 0.342. The van der Waals surface area contributed by atoms with Crippen LogP contribution in [0, 0.1) is 0 Å². The Morgan fingerprint density at radius 3 is 2.67 bits per heavy atom. The predicted molar refractivity (Wildman–Crippen MR) is 125 cm³/mol. The van der Waals surface area contributed by atoms with Crippen LogP contribution in [-0.2, 0) is 6.42 Å². The number of piperazine rings is 1. The molecular weight excluding hydrogens is 418 g/mol. The molecule has 0 spiro atoms. The molecule has 1 unspecified atom stereocenters. The highest BCUT2D eigenvalue weighted by atomic mass is 35.5. The van der Waals surface area contributed by atoms with Gasteiger partial charge in [-0.1, -0.05) is 29.8 Å². The maximum absolute atomic E-state index is 6.48. The summed E-state index contributed by atoms with van der Waals surface area (Å²) in [6.07, 6.45) is 3.84. The van der Waals surface area contributed by atoms with Crippen molar-refractivity contribution in [3.8, 4) is 11.5 Å². The Morgan fingerprint density at radius 2 is 1.93 bits per heavy atom. The van der Waals surface area contributed by atoms with Crippen LogP contribution in [-0.4, -0.2) is 44.9 Å². The highest BCUT2D eigenvalue weighted by molar-refractivity contribution is 7.13. The molecule has 2 heterocycles. The molecule has 1 saturated heterocycles. The van der Waals surface area contributed by atoms with E-state index in [0.29, 0.717) is 6.04 Å². The number of thiazole rings is 1. The third kappa shape index (κ3) is 4.50. The number of aromatic nitrogens is 1. The Labute approximate surface area is 186 Å². The average Bonchev–Trinajstić information content (AvgIpc) is 3.32. The first kappa shape index (κ1) is 20.8. The molecule has 158 valence electrons. The largest absolute Gasteiger partial charge is 0.493 e. The molecule has 1 aliphatic heterocycles. The van der Waals surface area contributed by atoms with Crippen LogP contribution in [0.1, 0.15) is 12.0 Å². The number of halogens is 1. The Morgan fingerprint density at radius 1 is 1.10 bits per heavy atom. The van der Waals surface area contributed by atoms with Crippen LogP contribution in [0.4, 0.5) is 10.8 Å². The third-order valence-electron chi connectivity index (χ3n) is 5.56. The van der Waals surface area contributed by atoms with Gasteiger partial charge < -0.3 is 19.3 Å². The Kier molecular flexibility index (Phi) is 6.65. The van der Waals surface area contributed by atoms with E-state index in [1.54, 1.807) is 25.6 Å². The fraction of sp³-hybridized carbons (Fsp3) is 0.348. The summed E-state index contributed by atoms with van der Waals surface area (Å²) in [7, 11) is 3.34. The molecule has 30 heavy (non-hydrogen) atoms. The molecule has 3 aromatic rings. The quantitative estimate of drug-likeness (QED) is 0.505. The van der Waals surface area contributed by atoms with E-state index in [0.717, 1.165) is 59.8 Å². The molecule has 0 radical (unpaired) electrons. The molecule has 1 aromatic heterocycles. The SMILES string of the molecule is COc1ccc(CCC2CN(c3ccccc3Cl)CCN2c2nccs2)cc1OC. The molecule has 0 aliphatic carbocycles. The van der Waals surface area contributed by atoms with Crippen molar-refractivity contribution in [3.05, 3.63) is 64.6 Å². The van der Waals surface area contributed by atoms with Gasteiger partial charge in [0.1, 0.15) is 0 Å². The lowest BCUT2D eigenvalue weighted by Gasteiger charge is -2.43. The van der Waals surface area contributed by atoms with Gasteiger partial charge in [0.25, 0.3) is 0 Å². The number of anilines is 2. The van der Waals surface area contributed by atoms with Gasteiger partial charge in [-0.05, 0) is 42.7 Å². The van der Waals surface area contributed by atoms with E-state index in [2.05, 4.69) is 33.0 Å². The van der Waals surface area contributed by atoms with E-state index < -0.39 is 0 Å². The Bertz CT molecular complexity index is 967. The van der Waals surface area contributed by atoms with E-state index in [1.165, 1.54) is 5.56 Å². The highest BCUT2D eigenvalue weighted by Crippen LogP contribution is 2.32. The normalized spacial score (nSPS) is 16.6. The van der Waals surface area contributed by atoms with Crippen LogP contribution >= 0.6 is 22.9 Å². The van der Waals surface area contributed by atoms with Crippen LogP contribution in [0.2, 0.25) is 5.02 Å². The zero-order valence-corrected chi connectivity index (χ0v) is 18.8. The number of benzene rings is 2. The topological polar surface area (TPSA) is 37.8 Å². The first-order chi connectivity index (χ1) is 14.7. The molecule has 7 heteroatoms. The molecule has 1 atom stereocenters. The lowest BCUT2D eigenvalue weighted by atomic mass is 10.0. The van der Waals surface area contributed by atoms with Gasteiger partial charge in [0, 0.05) is 37.3 Å². The molecule has 0 N–H and O–H groups in total. The number of ether oxygens (including phenoxy) is 2. The van der Waals surface area contributed by atoms with Crippen LogP contribution < -0.4 is 19.3 Å². The van der Waals surface area contributed by atoms with E-state index >= 15 is 0 Å². The number of para-hydroxylation sites is 1. The summed E-state index contributed by atoms with van der Waals surface area (Å²) in [5.74, 6) is 1.53. The second-order valence-electron chi connectivity index (χ2n) is 7.29. The molecular formula is C23H26ClN3O2S. The minimum Gasteiger partial charge on any atom is -0.493 e. The smallest absolute Gasteiger partial charge is 0.185 e. The lowest BCUT2D eigenvalue weighted by Crippen LogP contribution is -2.53. The standard InChI is InChI=1S/C23H26ClN3O2S/c1-28-21-10-8-17(15-22(21)29-2)7-9-18-16-26(20-6-4-3-5-19(20)24)12-13-27(18)23-25-11-14-30-23/h3-6,8,10-11,14-15,18H,7,9,12-13,16H2,1-2H3. The monoisotopic (exact) mass is 443 g/mol.